The average molecular weight is 605 g/mol. The molecule has 0 bridgehead atoms. The number of anilines is 1. The summed E-state index contributed by atoms with van der Waals surface area (Å²) in [5.74, 6) is 0. The fourth-order valence-corrected chi connectivity index (χ4v) is 7.90. The first-order valence-electron chi connectivity index (χ1n) is 14.7. The Morgan fingerprint density at radius 3 is 1.59 bits per heavy atom. The summed E-state index contributed by atoms with van der Waals surface area (Å²) in [5, 5.41) is 3.60. The monoisotopic (exact) mass is 604 g/mol. The molecule has 0 atom stereocenters. The third-order valence-electron chi connectivity index (χ3n) is 7.72. The standard InChI is InChI=1S/C38H32F3N2P/c39-38(40,41)32-18-13-19-33(28-32)42-24-26-43(27-25-42)36(30-14-5-1-6-15-30)29-37(31-16-7-2-8-17-31)44(34-20-9-3-10-21-34)35-22-11-4-12-23-35/h1-23,28H,24-27H2. The van der Waals surface area contributed by atoms with Crippen molar-refractivity contribution >= 4 is 35.2 Å². The van der Waals surface area contributed by atoms with Crippen molar-refractivity contribution in [1.29, 1.82) is 0 Å². The Bertz CT molecular complexity index is 1690. The molecule has 0 saturated carbocycles. The zero-order valence-electron chi connectivity index (χ0n) is 24.2. The summed E-state index contributed by atoms with van der Waals surface area (Å²) in [6.45, 7) is 2.52. The minimum absolute atomic E-state index is 0.599. The second-order valence-corrected chi connectivity index (χ2v) is 12.7. The van der Waals surface area contributed by atoms with E-state index in [1.807, 2.05) is 41.3 Å². The molecule has 5 aromatic carbocycles. The molecule has 0 spiro atoms. The van der Waals surface area contributed by atoms with Gasteiger partial charge in [-0.2, -0.15) is 13.2 Å². The molecule has 6 rings (SSSR count). The van der Waals surface area contributed by atoms with Gasteiger partial charge >= 0.3 is 6.18 Å². The maximum absolute atomic E-state index is 13.4. The van der Waals surface area contributed by atoms with Crippen molar-refractivity contribution in [1.82, 2.24) is 4.90 Å². The van der Waals surface area contributed by atoms with Crippen LogP contribution in [0.2, 0.25) is 0 Å². The summed E-state index contributed by atoms with van der Waals surface area (Å²) >= 11 is 0. The van der Waals surface area contributed by atoms with Crippen LogP contribution in [0.4, 0.5) is 18.9 Å². The summed E-state index contributed by atoms with van der Waals surface area (Å²) in [6.07, 6.45) is -4.37. The fourth-order valence-electron chi connectivity index (χ4n) is 5.52. The maximum atomic E-state index is 13.4. The van der Waals surface area contributed by atoms with Crippen LogP contribution in [0.15, 0.2) is 151 Å². The molecular formula is C38H32F3N2P. The molecule has 0 amide bonds. The van der Waals surface area contributed by atoms with E-state index < -0.39 is 19.7 Å². The van der Waals surface area contributed by atoms with Gasteiger partial charge in [0.25, 0.3) is 0 Å². The van der Waals surface area contributed by atoms with Crippen LogP contribution in [0.5, 0.6) is 0 Å². The van der Waals surface area contributed by atoms with Crippen LogP contribution >= 0.6 is 7.92 Å². The molecule has 6 heteroatoms. The molecule has 0 N–H and O–H groups in total. The molecule has 0 aromatic heterocycles. The van der Waals surface area contributed by atoms with Crippen LogP contribution in [-0.4, -0.2) is 31.1 Å². The number of rotatable bonds is 7. The van der Waals surface area contributed by atoms with E-state index in [1.165, 1.54) is 22.7 Å². The van der Waals surface area contributed by atoms with Gasteiger partial charge in [0.1, 0.15) is 0 Å². The first kappa shape index (κ1) is 29.5. The minimum Gasteiger partial charge on any atom is -0.368 e. The number of hydrogen-bond donors (Lipinski definition) is 0. The molecule has 0 aliphatic carbocycles. The zero-order chi connectivity index (χ0) is 30.4. The lowest BCUT2D eigenvalue weighted by Gasteiger charge is -2.38. The van der Waals surface area contributed by atoms with Crippen molar-refractivity contribution < 1.29 is 13.2 Å². The minimum atomic E-state index is -4.37. The highest BCUT2D eigenvalue weighted by atomic mass is 31.1. The smallest absolute Gasteiger partial charge is 0.368 e. The Labute approximate surface area is 258 Å². The molecule has 220 valence electrons. The number of alkyl halides is 3. The highest BCUT2D eigenvalue weighted by Crippen LogP contribution is 2.48. The van der Waals surface area contributed by atoms with E-state index in [-0.39, 0.29) is 0 Å². The lowest BCUT2D eigenvalue weighted by molar-refractivity contribution is -0.137. The Balaban J connectivity index is 1.47. The first-order chi connectivity index (χ1) is 21.5. The van der Waals surface area contributed by atoms with Crippen molar-refractivity contribution in [2.24, 2.45) is 0 Å². The summed E-state index contributed by atoms with van der Waals surface area (Å²) in [6, 6.07) is 47.6. The Morgan fingerprint density at radius 2 is 1.07 bits per heavy atom. The van der Waals surface area contributed by atoms with E-state index in [9.17, 15) is 13.2 Å². The van der Waals surface area contributed by atoms with E-state index in [2.05, 4.69) is 95.6 Å². The normalized spacial score (nSPS) is 13.5. The third-order valence-corrected chi connectivity index (χ3v) is 10.2. The van der Waals surface area contributed by atoms with Crippen LogP contribution in [-0.2, 0) is 6.18 Å². The molecule has 1 saturated heterocycles. The highest BCUT2D eigenvalue weighted by Gasteiger charge is 2.31. The Kier molecular flexibility index (Phi) is 8.98. The van der Waals surface area contributed by atoms with Gasteiger partial charge in [0.15, 0.2) is 0 Å². The van der Waals surface area contributed by atoms with Gasteiger partial charge in [0, 0.05) is 42.7 Å². The van der Waals surface area contributed by atoms with Crippen LogP contribution < -0.4 is 15.5 Å². The number of halogens is 3. The van der Waals surface area contributed by atoms with E-state index in [0.717, 1.165) is 28.2 Å². The number of hydrogen-bond acceptors (Lipinski definition) is 2. The molecule has 0 unspecified atom stereocenters. The summed E-state index contributed by atoms with van der Waals surface area (Å²) in [7, 11) is -0.953. The quantitative estimate of drug-likeness (QED) is 0.136. The Morgan fingerprint density at radius 1 is 0.568 bits per heavy atom. The molecule has 5 aromatic rings. The van der Waals surface area contributed by atoms with Crippen molar-refractivity contribution in [2.75, 3.05) is 31.1 Å². The molecular weight excluding hydrogens is 572 g/mol. The van der Waals surface area contributed by atoms with Crippen LogP contribution in [0.3, 0.4) is 0 Å². The molecule has 0 radical (unpaired) electrons. The number of benzene rings is 5. The summed E-state index contributed by atoms with van der Waals surface area (Å²) in [4.78, 5) is 4.36. The molecule has 44 heavy (non-hydrogen) atoms. The SMILES string of the molecule is FC(F)(F)c1cccc(N2CCN(C(=C=C(c3ccccc3)P(c3ccccc3)c3ccccc3)c3ccccc3)CC2)c1. The van der Waals surface area contributed by atoms with Crippen LogP contribution in [0.25, 0.3) is 11.0 Å². The second-order valence-electron chi connectivity index (χ2n) is 10.6. The molecule has 1 fully saturated rings. The van der Waals surface area contributed by atoms with Crippen molar-refractivity contribution in [3.8, 4) is 0 Å². The van der Waals surface area contributed by atoms with Gasteiger partial charge in [-0.05, 0) is 42.3 Å². The largest absolute Gasteiger partial charge is 0.416 e. The maximum Gasteiger partial charge on any atom is 0.416 e. The van der Waals surface area contributed by atoms with Gasteiger partial charge in [-0.1, -0.05) is 133 Å². The van der Waals surface area contributed by atoms with E-state index in [1.54, 1.807) is 6.07 Å². The van der Waals surface area contributed by atoms with Gasteiger partial charge in [-0.25, -0.2) is 0 Å². The van der Waals surface area contributed by atoms with Gasteiger partial charge < -0.3 is 9.80 Å². The van der Waals surface area contributed by atoms with Gasteiger partial charge in [-0.3, -0.25) is 0 Å². The third kappa shape index (κ3) is 6.81. The number of piperazine rings is 1. The van der Waals surface area contributed by atoms with E-state index >= 15 is 0 Å². The Hall–Kier alpha value is -4.56. The van der Waals surface area contributed by atoms with E-state index in [0.29, 0.717) is 31.9 Å². The first-order valence-corrected chi connectivity index (χ1v) is 16.0. The highest BCUT2D eigenvalue weighted by molar-refractivity contribution is 7.82. The fraction of sp³-hybridized carbons (Fsp3) is 0.132. The summed E-state index contributed by atoms with van der Waals surface area (Å²) in [5.41, 5.74) is 7.11. The molecule has 1 aliphatic rings. The predicted molar refractivity (Wildman–Crippen MR) is 178 cm³/mol. The second kappa shape index (κ2) is 13.4. The molecule has 2 nitrogen and oxygen atoms in total. The van der Waals surface area contributed by atoms with Gasteiger partial charge in [-0.15, -0.1) is 0 Å². The average Bonchev–Trinajstić information content (AvgIpc) is 3.08. The lowest BCUT2D eigenvalue weighted by atomic mass is 10.1. The van der Waals surface area contributed by atoms with Crippen molar-refractivity contribution in [3.63, 3.8) is 0 Å². The summed E-state index contributed by atoms with van der Waals surface area (Å²) < 4.78 is 40.3. The number of nitrogens with zero attached hydrogens (tertiary/aromatic N) is 2. The van der Waals surface area contributed by atoms with E-state index in [4.69, 9.17) is 0 Å². The predicted octanol–water partition coefficient (Wildman–Crippen LogP) is 8.64. The van der Waals surface area contributed by atoms with Crippen LogP contribution in [0, 0.1) is 0 Å². The zero-order valence-corrected chi connectivity index (χ0v) is 25.1. The van der Waals surface area contributed by atoms with Crippen molar-refractivity contribution in [3.05, 3.63) is 168 Å². The van der Waals surface area contributed by atoms with Gasteiger partial charge in [0.2, 0.25) is 0 Å². The van der Waals surface area contributed by atoms with Gasteiger partial charge in [0.05, 0.1) is 11.3 Å². The molecule has 1 aliphatic heterocycles. The van der Waals surface area contributed by atoms with Crippen LogP contribution in [0.1, 0.15) is 16.7 Å². The van der Waals surface area contributed by atoms with Crippen molar-refractivity contribution in [2.45, 2.75) is 6.18 Å². The molecule has 1 heterocycles. The lowest BCUT2D eigenvalue weighted by Crippen LogP contribution is -2.45. The topological polar surface area (TPSA) is 6.48 Å².